The highest BCUT2D eigenvalue weighted by Crippen LogP contribution is 2.23. The molecular weight excluding hydrogens is 332 g/mol. The minimum atomic E-state index is -3.64. The second kappa shape index (κ2) is 5.32. The summed E-state index contributed by atoms with van der Waals surface area (Å²) in [6.45, 7) is 1.71. The first-order chi connectivity index (χ1) is 8.90. The second-order valence-electron chi connectivity index (χ2n) is 4.00. The van der Waals surface area contributed by atoms with Crippen LogP contribution in [-0.2, 0) is 10.0 Å². The highest BCUT2D eigenvalue weighted by atomic mass is 79.9. The number of nitrogens with two attached hydrogens (primary N) is 1. The molecule has 1 atom stereocenters. The number of aromatic amines is 1. The Morgan fingerprint density at radius 3 is 2.79 bits per heavy atom. The molecule has 1 unspecified atom stereocenters. The molecule has 0 spiro atoms. The normalized spacial score (nSPS) is 13.4. The molecule has 0 fully saturated rings. The third-order valence-electron chi connectivity index (χ3n) is 2.54. The van der Waals surface area contributed by atoms with E-state index < -0.39 is 16.1 Å². The van der Waals surface area contributed by atoms with Gasteiger partial charge in [-0.2, -0.15) is 0 Å². The largest absolute Gasteiger partial charge is 0.398 e. The van der Waals surface area contributed by atoms with Crippen LogP contribution in [0.25, 0.3) is 0 Å². The molecule has 1 aromatic carbocycles. The zero-order chi connectivity index (χ0) is 14.0. The van der Waals surface area contributed by atoms with Crippen molar-refractivity contribution >= 4 is 31.6 Å². The molecule has 1 heterocycles. The van der Waals surface area contributed by atoms with Gasteiger partial charge in [0.15, 0.2) is 0 Å². The van der Waals surface area contributed by atoms with Gasteiger partial charge in [0, 0.05) is 22.6 Å². The number of benzene rings is 1. The van der Waals surface area contributed by atoms with Crippen LogP contribution in [0.4, 0.5) is 5.69 Å². The zero-order valence-corrected chi connectivity index (χ0v) is 12.5. The lowest BCUT2D eigenvalue weighted by molar-refractivity contribution is 0.561. The maximum absolute atomic E-state index is 12.2. The van der Waals surface area contributed by atoms with E-state index in [-0.39, 0.29) is 4.90 Å². The summed E-state index contributed by atoms with van der Waals surface area (Å²) in [5, 5.41) is 0. The number of H-pyrrole nitrogens is 1. The lowest BCUT2D eigenvalue weighted by atomic mass is 10.3. The molecule has 19 heavy (non-hydrogen) atoms. The Morgan fingerprint density at radius 1 is 1.47 bits per heavy atom. The molecule has 2 aromatic rings. The molecule has 0 aliphatic rings. The summed E-state index contributed by atoms with van der Waals surface area (Å²) in [6.07, 6.45) is 3.20. The van der Waals surface area contributed by atoms with Crippen LogP contribution in [0.3, 0.4) is 0 Å². The SMILES string of the molecule is CC(NS(=O)(=O)c1ccc(Br)c(N)c1)c1ncc[nH]1. The van der Waals surface area contributed by atoms with Gasteiger partial charge >= 0.3 is 0 Å². The molecule has 0 aliphatic heterocycles. The van der Waals surface area contributed by atoms with Crippen LogP contribution in [0.15, 0.2) is 40.0 Å². The summed E-state index contributed by atoms with van der Waals surface area (Å²) < 4.78 is 27.5. The number of aromatic nitrogens is 2. The number of nitrogens with zero attached hydrogens (tertiary/aromatic N) is 1. The number of halogens is 1. The predicted molar refractivity (Wildman–Crippen MR) is 75.9 cm³/mol. The molecular formula is C11H13BrN4O2S. The van der Waals surface area contributed by atoms with E-state index in [0.717, 1.165) is 0 Å². The lowest BCUT2D eigenvalue weighted by Gasteiger charge is -2.12. The number of nitrogen functional groups attached to an aromatic ring is 1. The van der Waals surface area contributed by atoms with Gasteiger partial charge in [0.2, 0.25) is 10.0 Å². The van der Waals surface area contributed by atoms with Gasteiger partial charge in [0.1, 0.15) is 5.82 Å². The van der Waals surface area contributed by atoms with Gasteiger partial charge in [-0.1, -0.05) is 0 Å². The molecule has 0 saturated carbocycles. The molecule has 0 aliphatic carbocycles. The van der Waals surface area contributed by atoms with Gasteiger partial charge < -0.3 is 10.7 Å². The van der Waals surface area contributed by atoms with Crippen LogP contribution < -0.4 is 10.5 Å². The number of anilines is 1. The Morgan fingerprint density at radius 2 is 2.21 bits per heavy atom. The van der Waals surface area contributed by atoms with Crippen molar-refractivity contribution in [1.82, 2.24) is 14.7 Å². The van der Waals surface area contributed by atoms with Crippen LogP contribution in [0.2, 0.25) is 0 Å². The van der Waals surface area contributed by atoms with Gasteiger partial charge in [-0.05, 0) is 41.1 Å². The topological polar surface area (TPSA) is 101 Å². The highest BCUT2D eigenvalue weighted by molar-refractivity contribution is 9.10. The molecule has 6 nitrogen and oxygen atoms in total. The molecule has 0 radical (unpaired) electrons. The van der Waals surface area contributed by atoms with E-state index in [4.69, 9.17) is 5.73 Å². The van der Waals surface area contributed by atoms with Crippen molar-refractivity contribution in [3.8, 4) is 0 Å². The van der Waals surface area contributed by atoms with E-state index in [1.807, 2.05) is 0 Å². The Hall–Kier alpha value is -1.38. The fourth-order valence-corrected chi connectivity index (χ4v) is 3.05. The number of hydrogen-bond acceptors (Lipinski definition) is 4. The fourth-order valence-electron chi connectivity index (χ4n) is 1.56. The van der Waals surface area contributed by atoms with E-state index in [1.54, 1.807) is 25.4 Å². The Balaban J connectivity index is 2.25. The number of nitrogens with one attached hydrogen (secondary N) is 2. The van der Waals surface area contributed by atoms with Crippen molar-refractivity contribution in [2.45, 2.75) is 17.9 Å². The van der Waals surface area contributed by atoms with Gasteiger partial charge in [-0.15, -0.1) is 0 Å². The van der Waals surface area contributed by atoms with Crippen molar-refractivity contribution in [3.05, 3.63) is 40.9 Å². The Bertz CT molecular complexity index is 670. The minimum Gasteiger partial charge on any atom is -0.398 e. The van der Waals surface area contributed by atoms with Crippen molar-refractivity contribution in [2.24, 2.45) is 0 Å². The molecule has 4 N–H and O–H groups in total. The van der Waals surface area contributed by atoms with E-state index in [2.05, 4.69) is 30.6 Å². The molecule has 2 rings (SSSR count). The maximum atomic E-state index is 12.2. The maximum Gasteiger partial charge on any atom is 0.241 e. The van der Waals surface area contributed by atoms with Crippen LogP contribution in [-0.4, -0.2) is 18.4 Å². The van der Waals surface area contributed by atoms with E-state index >= 15 is 0 Å². The lowest BCUT2D eigenvalue weighted by Crippen LogP contribution is -2.27. The molecule has 0 saturated heterocycles. The number of hydrogen-bond donors (Lipinski definition) is 3. The summed E-state index contributed by atoms with van der Waals surface area (Å²) in [4.78, 5) is 6.99. The summed E-state index contributed by atoms with van der Waals surface area (Å²) in [6, 6.07) is 4.03. The molecule has 102 valence electrons. The molecule has 1 aromatic heterocycles. The Kier molecular flexibility index (Phi) is 3.93. The summed E-state index contributed by atoms with van der Waals surface area (Å²) in [5.74, 6) is 0.550. The second-order valence-corrected chi connectivity index (χ2v) is 6.57. The zero-order valence-electron chi connectivity index (χ0n) is 10.1. The van der Waals surface area contributed by atoms with Gasteiger partial charge in [-0.3, -0.25) is 0 Å². The van der Waals surface area contributed by atoms with E-state index in [0.29, 0.717) is 16.0 Å². The van der Waals surface area contributed by atoms with Gasteiger partial charge in [0.25, 0.3) is 0 Å². The number of imidazole rings is 1. The monoisotopic (exact) mass is 344 g/mol. The van der Waals surface area contributed by atoms with Crippen LogP contribution in [0.1, 0.15) is 18.8 Å². The fraction of sp³-hybridized carbons (Fsp3) is 0.182. The highest BCUT2D eigenvalue weighted by Gasteiger charge is 2.20. The summed E-state index contributed by atoms with van der Waals surface area (Å²) >= 11 is 3.22. The number of sulfonamides is 1. The van der Waals surface area contributed by atoms with Crippen molar-refractivity contribution in [3.63, 3.8) is 0 Å². The standard InChI is InChI=1S/C11H13BrN4O2S/c1-7(11-14-4-5-15-11)16-19(17,18)8-2-3-9(12)10(13)6-8/h2-7,16H,13H2,1H3,(H,14,15). The van der Waals surface area contributed by atoms with Gasteiger partial charge in [-0.25, -0.2) is 18.1 Å². The Labute approximate surface area is 119 Å². The first kappa shape index (κ1) is 14.0. The average molecular weight is 345 g/mol. The quantitative estimate of drug-likeness (QED) is 0.736. The predicted octanol–water partition coefficient (Wildman–Crippen LogP) is 1.79. The van der Waals surface area contributed by atoms with Crippen LogP contribution in [0.5, 0.6) is 0 Å². The average Bonchev–Trinajstić information content (AvgIpc) is 2.85. The van der Waals surface area contributed by atoms with Crippen molar-refractivity contribution < 1.29 is 8.42 Å². The van der Waals surface area contributed by atoms with E-state index in [9.17, 15) is 8.42 Å². The third-order valence-corrected chi connectivity index (χ3v) is 4.80. The van der Waals surface area contributed by atoms with Gasteiger partial charge in [0.05, 0.1) is 10.9 Å². The van der Waals surface area contributed by atoms with Crippen molar-refractivity contribution in [1.29, 1.82) is 0 Å². The third kappa shape index (κ3) is 3.14. The summed E-state index contributed by atoms with van der Waals surface area (Å²) in [5.41, 5.74) is 6.05. The summed E-state index contributed by atoms with van der Waals surface area (Å²) in [7, 11) is -3.64. The first-order valence-corrected chi connectivity index (χ1v) is 7.74. The minimum absolute atomic E-state index is 0.117. The molecule has 8 heteroatoms. The molecule has 0 amide bonds. The smallest absolute Gasteiger partial charge is 0.241 e. The van der Waals surface area contributed by atoms with Crippen LogP contribution in [0, 0.1) is 0 Å². The van der Waals surface area contributed by atoms with Crippen LogP contribution >= 0.6 is 15.9 Å². The number of rotatable bonds is 4. The molecule has 0 bridgehead atoms. The first-order valence-electron chi connectivity index (χ1n) is 5.47. The van der Waals surface area contributed by atoms with E-state index in [1.165, 1.54) is 12.1 Å². The van der Waals surface area contributed by atoms with Crippen molar-refractivity contribution in [2.75, 3.05) is 5.73 Å².